The van der Waals surface area contributed by atoms with E-state index in [2.05, 4.69) is 20.7 Å². The zero-order valence-corrected chi connectivity index (χ0v) is 13.8. The normalized spacial score (nSPS) is 13.0. The molecular formula is C16H13N7O3. The average Bonchev–Trinajstić information content (AvgIpc) is 3.13. The number of aromatic nitrogens is 5. The number of tetrazole rings is 1. The Bertz CT molecular complexity index is 1160. The molecule has 10 nitrogen and oxygen atoms in total. The predicted molar refractivity (Wildman–Crippen MR) is 90.8 cm³/mol. The summed E-state index contributed by atoms with van der Waals surface area (Å²) in [5.74, 6) is -0.964. The zero-order chi connectivity index (χ0) is 18.6. The molecule has 1 aliphatic heterocycles. The van der Waals surface area contributed by atoms with Gasteiger partial charge in [-0.15, -0.1) is 10.2 Å². The van der Waals surface area contributed by atoms with Crippen molar-refractivity contribution >= 4 is 17.6 Å². The molecule has 0 spiro atoms. The van der Waals surface area contributed by atoms with Crippen molar-refractivity contribution in [2.75, 3.05) is 5.73 Å². The first-order valence-electron chi connectivity index (χ1n) is 7.63. The van der Waals surface area contributed by atoms with Crippen LogP contribution in [0, 0.1) is 6.92 Å². The number of carbonyl (C=O) groups excluding carboxylic acids is 2. The second kappa shape index (κ2) is 5.34. The van der Waals surface area contributed by atoms with Crippen molar-refractivity contribution in [3.05, 3.63) is 51.3 Å². The van der Waals surface area contributed by atoms with Gasteiger partial charge >= 0.3 is 0 Å². The Hall–Kier alpha value is -3.82. The van der Waals surface area contributed by atoms with Crippen molar-refractivity contribution in [3.63, 3.8) is 0 Å². The summed E-state index contributed by atoms with van der Waals surface area (Å²) in [4.78, 5) is 37.7. The van der Waals surface area contributed by atoms with Crippen LogP contribution in [-0.2, 0) is 7.05 Å². The highest BCUT2D eigenvalue weighted by Gasteiger charge is 2.32. The Kier molecular flexibility index (Phi) is 3.22. The highest BCUT2D eigenvalue weighted by atomic mass is 16.2. The molecular weight excluding hydrogens is 338 g/mol. The maximum atomic E-state index is 12.6. The van der Waals surface area contributed by atoms with Gasteiger partial charge in [-0.2, -0.15) is 4.80 Å². The monoisotopic (exact) mass is 351 g/mol. The number of imide groups is 1. The van der Waals surface area contributed by atoms with Gasteiger partial charge in [0.1, 0.15) is 5.82 Å². The Labute approximate surface area is 146 Å². The fraction of sp³-hybridized carbons (Fsp3) is 0.125. The number of anilines is 1. The summed E-state index contributed by atoms with van der Waals surface area (Å²) in [6.07, 6.45) is 0. The van der Waals surface area contributed by atoms with E-state index in [9.17, 15) is 14.4 Å². The minimum Gasteiger partial charge on any atom is -0.384 e. The highest BCUT2D eigenvalue weighted by Crippen LogP contribution is 2.26. The first kappa shape index (κ1) is 15.7. The van der Waals surface area contributed by atoms with Gasteiger partial charge in [-0.05, 0) is 23.8 Å². The maximum absolute atomic E-state index is 12.6. The van der Waals surface area contributed by atoms with Crippen molar-refractivity contribution < 1.29 is 9.59 Å². The lowest BCUT2D eigenvalue weighted by Crippen LogP contribution is -2.24. The van der Waals surface area contributed by atoms with Crippen molar-refractivity contribution in [1.82, 2.24) is 30.1 Å². The van der Waals surface area contributed by atoms with E-state index in [0.717, 1.165) is 11.6 Å². The van der Waals surface area contributed by atoms with Crippen molar-refractivity contribution in [2.45, 2.75) is 6.92 Å². The van der Waals surface area contributed by atoms with Crippen LogP contribution in [-0.4, -0.2) is 36.6 Å². The summed E-state index contributed by atoms with van der Waals surface area (Å²) < 4.78 is 1.20. The van der Waals surface area contributed by atoms with Gasteiger partial charge in [0.2, 0.25) is 5.82 Å². The van der Waals surface area contributed by atoms with E-state index in [1.54, 1.807) is 32.2 Å². The molecule has 0 fully saturated rings. The number of nitrogens with zero attached hydrogens (tertiary/aromatic N) is 5. The number of hydrogen-bond donors (Lipinski definition) is 2. The van der Waals surface area contributed by atoms with Crippen LogP contribution in [0.5, 0.6) is 0 Å². The second-order valence-corrected chi connectivity index (χ2v) is 5.88. The van der Waals surface area contributed by atoms with E-state index in [-0.39, 0.29) is 16.9 Å². The van der Waals surface area contributed by atoms with E-state index < -0.39 is 17.4 Å². The molecule has 10 heteroatoms. The predicted octanol–water partition coefficient (Wildman–Crippen LogP) is -0.198. The number of fused-ring (bicyclic) bond motifs is 1. The molecule has 2 amide bonds. The Morgan fingerprint density at radius 1 is 1.12 bits per heavy atom. The molecule has 3 N–H and O–H groups in total. The van der Waals surface area contributed by atoms with Gasteiger partial charge in [0.25, 0.3) is 17.4 Å². The summed E-state index contributed by atoms with van der Waals surface area (Å²) in [6, 6.07) is 6.37. The number of nitrogens with two attached hydrogens (primary N) is 1. The number of benzene rings is 1. The van der Waals surface area contributed by atoms with Crippen LogP contribution in [0.1, 0.15) is 26.3 Å². The number of carbonyl (C=O) groups is 2. The zero-order valence-electron chi connectivity index (χ0n) is 13.8. The molecule has 0 saturated heterocycles. The number of amides is 2. The number of nitrogens with one attached hydrogen (secondary N) is 1. The third-order valence-corrected chi connectivity index (χ3v) is 4.17. The number of rotatable bonds is 2. The molecule has 26 heavy (non-hydrogen) atoms. The summed E-state index contributed by atoms with van der Waals surface area (Å²) in [7, 11) is 1.64. The van der Waals surface area contributed by atoms with Gasteiger partial charge in [0, 0.05) is 11.6 Å². The maximum Gasteiger partial charge on any atom is 0.262 e. The minimum absolute atomic E-state index is 0.00275. The molecule has 0 unspecified atom stereocenters. The number of pyridine rings is 1. The molecule has 130 valence electrons. The largest absolute Gasteiger partial charge is 0.384 e. The Morgan fingerprint density at radius 3 is 2.58 bits per heavy atom. The molecule has 4 rings (SSSR count). The van der Waals surface area contributed by atoms with Crippen molar-refractivity contribution in [1.29, 1.82) is 0 Å². The standard InChI is InChI=1S/C16H13N7O3/c1-7-3-4-8(14-19-21-22(2)20-14)5-10(7)23-11(24)6-9-12(13(23)17)16(26)18-15(9)25/h3-6H,17H2,1-2H3,(H,18,25,26). The first-order valence-corrected chi connectivity index (χ1v) is 7.63. The quantitative estimate of drug-likeness (QED) is 0.610. The van der Waals surface area contributed by atoms with Crippen LogP contribution >= 0.6 is 0 Å². The summed E-state index contributed by atoms with van der Waals surface area (Å²) in [5.41, 5.74) is 7.39. The van der Waals surface area contributed by atoms with Gasteiger partial charge in [0.05, 0.1) is 23.9 Å². The van der Waals surface area contributed by atoms with Crippen LogP contribution in [0.15, 0.2) is 29.1 Å². The molecule has 1 aliphatic rings. The Morgan fingerprint density at radius 2 is 1.88 bits per heavy atom. The van der Waals surface area contributed by atoms with Crippen LogP contribution in [0.4, 0.5) is 5.82 Å². The Balaban J connectivity index is 1.97. The molecule has 0 bridgehead atoms. The first-order chi connectivity index (χ1) is 12.4. The minimum atomic E-state index is -0.629. The third kappa shape index (κ3) is 2.19. The van der Waals surface area contributed by atoms with Crippen LogP contribution in [0.2, 0.25) is 0 Å². The SMILES string of the molecule is Cc1ccc(-c2nnn(C)n2)cc1-n1c(N)c2c(cc1=O)C(=O)NC2=O. The van der Waals surface area contributed by atoms with E-state index in [1.165, 1.54) is 9.36 Å². The lowest BCUT2D eigenvalue weighted by molar-refractivity contribution is 0.0880. The molecule has 3 heterocycles. The third-order valence-electron chi connectivity index (χ3n) is 4.17. The molecule has 1 aromatic carbocycles. The second-order valence-electron chi connectivity index (χ2n) is 5.88. The highest BCUT2D eigenvalue weighted by molar-refractivity contribution is 6.23. The van der Waals surface area contributed by atoms with Gasteiger partial charge in [-0.1, -0.05) is 12.1 Å². The molecule has 0 aliphatic carbocycles. The average molecular weight is 351 g/mol. The lowest BCUT2D eigenvalue weighted by Gasteiger charge is -2.14. The van der Waals surface area contributed by atoms with Gasteiger partial charge in [0.15, 0.2) is 0 Å². The molecule has 0 radical (unpaired) electrons. The summed E-state index contributed by atoms with van der Waals surface area (Å²) in [6.45, 7) is 1.80. The molecule has 0 saturated carbocycles. The van der Waals surface area contributed by atoms with E-state index in [0.29, 0.717) is 17.1 Å². The number of aryl methyl sites for hydroxylation is 2. The number of hydrogen-bond acceptors (Lipinski definition) is 7. The van der Waals surface area contributed by atoms with Gasteiger partial charge in [-0.25, -0.2) is 0 Å². The molecule has 0 atom stereocenters. The molecule has 2 aromatic heterocycles. The summed E-state index contributed by atoms with van der Waals surface area (Å²) in [5, 5.41) is 14.0. The van der Waals surface area contributed by atoms with Crippen LogP contribution in [0.25, 0.3) is 17.1 Å². The lowest BCUT2D eigenvalue weighted by atomic mass is 10.1. The fourth-order valence-electron chi connectivity index (χ4n) is 2.92. The topological polar surface area (TPSA) is 138 Å². The van der Waals surface area contributed by atoms with Crippen molar-refractivity contribution in [3.8, 4) is 17.1 Å². The number of nitrogen functional groups attached to an aromatic ring is 1. The fourth-order valence-corrected chi connectivity index (χ4v) is 2.92. The molecule has 3 aromatic rings. The van der Waals surface area contributed by atoms with Gasteiger partial charge in [-0.3, -0.25) is 24.3 Å². The summed E-state index contributed by atoms with van der Waals surface area (Å²) >= 11 is 0. The van der Waals surface area contributed by atoms with Crippen molar-refractivity contribution in [2.24, 2.45) is 7.05 Å². The van der Waals surface area contributed by atoms with E-state index in [1.807, 2.05) is 0 Å². The smallest absolute Gasteiger partial charge is 0.262 e. The van der Waals surface area contributed by atoms with E-state index in [4.69, 9.17) is 5.73 Å². The van der Waals surface area contributed by atoms with Gasteiger partial charge < -0.3 is 5.73 Å². The van der Waals surface area contributed by atoms with Crippen LogP contribution < -0.4 is 16.6 Å². The van der Waals surface area contributed by atoms with E-state index >= 15 is 0 Å². The van der Waals surface area contributed by atoms with Crippen LogP contribution in [0.3, 0.4) is 0 Å².